The predicted molar refractivity (Wildman–Crippen MR) is 122 cm³/mol. The molecule has 0 radical (unpaired) electrons. The Morgan fingerprint density at radius 1 is 1.12 bits per heavy atom. The number of nitrogens with zero attached hydrogens (tertiary/aromatic N) is 1. The van der Waals surface area contributed by atoms with Crippen LogP contribution in [-0.2, 0) is 4.79 Å². The number of benzene rings is 3. The maximum absolute atomic E-state index is 13.2. The van der Waals surface area contributed by atoms with Gasteiger partial charge in [0.15, 0.2) is 0 Å². The average molecular weight is 448 g/mol. The fraction of sp³-hybridized carbons (Fsp3) is 0.231. The summed E-state index contributed by atoms with van der Waals surface area (Å²) in [7, 11) is 1.59. The first-order chi connectivity index (χ1) is 15.9. The summed E-state index contributed by atoms with van der Waals surface area (Å²) in [5.74, 6) is -0.678. The van der Waals surface area contributed by atoms with Crippen molar-refractivity contribution < 1.29 is 23.8 Å². The molecule has 3 atom stereocenters. The van der Waals surface area contributed by atoms with E-state index in [4.69, 9.17) is 10.5 Å². The number of hydrogen-bond acceptors (Lipinski definition) is 4. The molecular weight excluding hydrogens is 423 g/mol. The van der Waals surface area contributed by atoms with Gasteiger partial charge in [-0.15, -0.1) is 0 Å². The molecule has 7 heteroatoms. The first kappa shape index (κ1) is 22.5. The summed E-state index contributed by atoms with van der Waals surface area (Å²) >= 11 is 0. The molecule has 0 aromatic heterocycles. The number of methoxy groups -OCH3 is 1. The number of carbonyl (C=O) groups excluding carboxylic acids is 2. The van der Waals surface area contributed by atoms with Crippen molar-refractivity contribution in [2.75, 3.05) is 12.0 Å². The third kappa shape index (κ3) is 4.59. The Labute approximate surface area is 191 Å². The lowest BCUT2D eigenvalue weighted by molar-refractivity contribution is -0.131. The van der Waals surface area contributed by atoms with Gasteiger partial charge in [0.25, 0.3) is 0 Å². The first-order valence-corrected chi connectivity index (χ1v) is 10.7. The SMILES string of the molecule is COc1ccc(C2C(CCC(O)c3ccc(F)cc3)C(=O)N2c2cccc(C(N)=O)c2)cc1. The van der Waals surface area contributed by atoms with Crippen molar-refractivity contribution in [3.63, 3.8) is 0 Å². The second kappa shape index (κ2) is 9.42. The van der Waals surface area contributed by atoms with E-state index in [9.17, 15) is 19.1 Å². The normalized spacial score (nSPS) is 18.5. The number of β-lactam (4-membered cyclic amide) rings is 1. The molecule has 33 heavy (non-hydrogen) atoms. The number of ether oxygens (including phenoxy) is 1. The minimum absolute atomic E-state index is 0.0938. The number of carbonyl (C=O) groups is 2. The van der Waals surface area contributed by atoms with E-state index in [1.807, 2.05) is 24.3 Å². The van der Waals surface area contributed by atoms with Crippen LogP contribution in [0, 0.1) is 11.7 Å². The number of aliphatic hydroxyl groups is 1. The minimum atomic E-state index is -0.804. The van der Waals surface area contributed by atoms with Crippen molar-refractivity contribution in [1.82, 2.24) is 0 Å². The molecule has 0 spiro atoms. The quantitative estimate of drug-likeness (QED) is 0.507. The fourth-order valence-corrected chi connectivity index (χ4v) is 4.30. The van der Waals surface area contributed by atoms with E-state index in [0.717, 1.165) is 5.56 Å². The number of amides is 2. The number of rotatable bonds is 8. The van der Waals surface area contributed by atoms with Crippen molar-refractivity contribution >= 4 is 17.5 Å². The molecule has 3 aromatic carbocycles. The molecule has 3 unspecified atom stereocenters. The van der Waals surface area contributed by atoms with Crippen LogP contribution in [0.25, 0.3) is 0 Å². The summed E-state index contributed by atoms with van der Waals surface area (Å²) in [5.41, 5.74) is 7.86. The molecule has 1 saturated heterocycles. The maximum atomic E-state index is 13.2. The second-order valence-electron chi connectivity index (χ2n) is 8.09. The number of aliphatic hydroxyl groups excluding tert-OH is 1. The van der Waals surface area contributed by atoms with Crippen molar-refractivity contribution in [2.24, 2.45) is 11.7 Å². The first-order valence-electron chi connectivity index (χ1n) is 10.7. The Balaban J connectivity index is 1.59. The van der Waals surface area contributed by atoms with E-state index < -0.39 is 12.0 Å². The average Bonchev–Trinajstić information content (AvgIpc) is 2.83. The molecule has 4 rings (SSSR count). The van der Waals surface area contributed by atoms with Gasteiger partial charge in [-0.1, -0.05) is 30.3 Å². The van der Waals surface area contributed by atoms with Gasteiger partial charge >= 0.3 is 0 Å². The van der Waals surface area contributed by atoms with Gasteiger partial charge in [-0.25, -0.2) is 4.39 Å². The lowest BCUT2D eigenvalue weighted by Crippen LogP contribution is -2.55. The van der Waals surface area contributed by atoms with Crippen LogP contribution in [0.15, 0.2) is 72.8 Å². The van der Waals surface area contributed by atoms with Crippen LogP contribution in [0.1, 0.15) is 46.5 Å². The number of nitrogens with two attached hydrogens (primary N) is 1. The van der Waals surface area contributed by atoms with Crippen LogP contribution >= 0.6 is 0 Å². The predicted octanol–water partition coefficient (Wildman–Crippen LogP) is 4.15. The summed E-state index contributed by atoms with van der Waals surface area (Å²) in [6.07, 6.45) is -0.00798. The highest BCUT2D eigenvalue weighted by molar-refractivity contribution is 6.04. The van der Waals surface area contributed by atoms with Crippen molar-refractivity contribution in [1.29, 1.82) is 0 Å². The van der Waals surface area contributed by atoms with Gasteiger partial charge in [0, 0.05) is 11.3 Å². The van der Waals surface area contributed by atoms with Gasteiger partial charge in [-0.2, -0.15) is 0 Å². The Kier molecular flexibility index (Phi) is 6.42. The number of anilines is 1. The van der Waals surface area contributed by atoms with Gasteiger partial charge in [0.2, 0.25) is 11.8 Å². The molecule has 1 heterocycles. The van der Waals surface area contributed by atoms with Crippen LogP contribution in [0.5, 0.6) is 5.75 Å². The smallest absolute Gasteiger partial charge is 0.248 e. The van der Waals surface area contributed by atoms with E-state index >= 15 is 0 Å². The summed E-state index contributed by atoms with van der Waals surface area (Å²) < 4.78 is 18.4. The number of primary amides is 1. The highest BCUT2D eigenvalue weighted by Gasteiger charge is 2.48. The highest BCUT2D eigenvalue weighted by Crippen LogP contribution is 2.46. The standard InChI is InChI=1S/C26H25FN2O4/c1-33-21-11-7-17(8-12-21)24-22(13-14-23(30)16-5-9-19(27)10-6-16)26(32)29(24)20-4-2-3-18(15-20)25(28)31/h2-12,15,22-24,30H,13-14H2,1H3,(H2,28,31). The van der Waals surface area contributed by atoms with Gasteiger partial charge < -0.3 is 20.5 Å². The Bertz CT molecular complexity index is 1150. The monoisotopic (exact) mass is 448 g/mol. The van der Waals surface area contributed by atoms with Crippen molar-refractivity contribution in [3.05, 3.63) is 95.3 Å². The summed E-state index contributed by atoms with van der Waals surface area (Å²) in [6.45, 7) is 0. The summed E-state index contributed by atoms with van der Waals surface area (Å²) in [4.78, 5) is 26.5. The molecule has 1 fully saturated rings. The van der Waals surface area contributed by atoms with Gasteiger partial charge in [-0.3, -0.25) is 9.59 Å². The Morgan fingerprint density at radius 2 is 1.82 bits per heavy atom. The van der Waals surface area contributed by atoms with E-state index in [1.54, 1.807) is 48.4 Å². The van der Waals surface area contributed by atoms with E-state index in [-0.39, 0.29) is 23.7 Å². The number of hydrogen-bond donors (Lipinski definition) is 2. The van der Waals surface area contributed by atoms with E-state index in [0.29, 0.717) is 35.4 Å². The minimum Gasteiger partial charge on any atom is -0.497 e. The molecular formula is C26H25FN2O4. The molecule has 170 valence electrons. The zero-order valence-electron chi connectivity index (χ0n) is 18.1. The molecule has 3 N–H and O–H groups in total. The fourth-order valence-electron chi connectivity index (χ4n) is 4.30. The highest BCUT2D eigenvalue weighted by atomic mass is 19.1. The van der Waals surface area contributed by atoms with E-state index in [1.165, 1.54) is 12.1 Å². The molecule has 1 aliphatic rings. The zero-order valence-corrected chi connectivity index (χ0v) is 18.1. The lowest BCUT2D eigenvalue weighted by atomic mass is 9.78. The topological polar surface area (TPSA) is 92.9 Å². The maximum Gasteiger partial charge on any atom is 0.248 e. The summed E-state index contributed by atoms with van der Waals surface area (Å²) in [5, 5.41) is 10.6. The third-order valence-electron chi connectivity index (χ3n) is 6.09. The molecule has 2 amide bonds. The Hall–Kier alpha value is -3.71. The Morgan fingerprint density at radius 3 is 2.45 bits per heavy atom. The van der Waals surface area contributed by atoms with Crippen LogP contribution in [0.3, 0.4) is 0 Å². The van der Waals surface area contributed by atoms with Gasteiger partial charge in [0.05, 0.1) is 25.2 Å². The molecule has 0 saturated carbocycles. The van der Waals surface area contributed by atoms with Crippen LogP contribution in [-0.4, -0.2) is 24.0 Å². The molecule has 1 aliphatic heterocycles. The van der Waals surface area contributed by atoms with Crippen LogP contribution in [0.4, 0.5) is 10.1 Å². The van der Waals surface area contributed by atoms with Crippen molar-refractivity contribution in [2.45, 2.75) is 25.0 Å². The molecule has 3 aromatic rings. The largest absolute Gasteiger partial charge is 0.497 e. The molecule has 0 aliphatic carbocycles. The lowest BCUT2D eigenvalue weighted by Gasteiger charge is -2.48. The van der Waals surface area contributed by atoms with Gasteiger partial charge in [0.1, 0.15) is 11.6 Å². The summed E-state index contributed by atoms with van der Waals surface area (Å²) in [6, 6.07) is 19.6. The van der Waals surface area contributed by atoms with E-state index in [2.05, 4.69) is 0 Å². The van der Waals surface area contributed by atoms with Crippen LogP contribution in [0.2, 0.25) is 0 Å². The number of halogens is 1. The zero-order chi connectivity index (χ0) is 23.5. The van der Waals surface area contributed by atoms with Gasteiger partial charge in [-0.05, 0) is 66.4 Å². The molecule has 6 nitrogen and oxygen atoms in total. The molecule has 0 bridgehead atoms. The van der Waals surface area contributed by atoms with Crippen molar-refractivity contribution in [3.8, 4) is 5.75 Å². The second-order valence-corrected chi connectivity index (χ2v) is 8.09. The third-order valence-corrected chi connectivity index (χ3v) is 6.09. The van der Waals surface area contributed by atoms with Crippen LogP contribution < -0.4 is 15.4 Å².